The van der Waals surface area contributed by atoms with Gasteiger partial charge < -0.3 is 9.64 Å². The normalized spacial score (nSPS) is 15.2. The van der Waals surface area contributed by atoms with Crippen molar-refractivity contribution in [3.63, 3.8) is 0 Å². The van der Waals surface area contributed by atoms with Crippen molar-refractivity contribution in [2.75, 3.05) is 19.1 Å². The van der Waals surface area contributed by atoms with E-state index in [0.29, 0.717) is 11.3 Å². The van der Waals surface area contributed by atoms with Gasteiger partial charge in [-0.1, -0.05) is 12.1 Å². The number of carbonyl (C=O) groups excluding carboxylic acids is 1. The van der Waals surface area contributed by atoms with Gasteiger partial charge in [-0.05, 0) is 84.8 Å². The number of hydrogen-bond acceptors (Lipinski definition) is 4. The van der Waals surface area contributed by atoms with Crippen molar-refractivity contribution in [3.8, 4) is 5.75 Å². The number of likely N-dealkylation sites (N-methyl/N-ethyl adjacent to an activating group) is 1. The highest BCUT2D eigenvalue weighted by Gasteiger charge is 2.28. The summed E-state index contributed by atoms with van der Waals surface area (Å²) in [6.07, 6.45) is 3.93. The average molecular weight is 489 g/mol. The third-order valence-corrected chi connectivity index (χ3v) is 5.93. The van der Waals surface area contributed by atoms with Crippen LogP contribution < -0.4 is 15.1 Å². The summed E-state index contributed by atoms with van der Waals surface area (Å²) in [6.45, 7) is 6.52. The lowest BCUT2D eigenvalue weighted by Gasteiger charge is -2.40. The number of ether oxygens (including phenoxy) is 1. The summed E-state index contributed by atoms with van der Waals surface area (Å²) in [4.78, 5) is 14.6. The van der Waals surface area contributed by atoms with Crippen LogP contribution in [-0.4, -0.2) is 31.8 Å². The summed E-state index contributed by atoms with van der Waals surface area (Å²) in [5.41, 5.74) is 7.60. The van der Waals surface area contributed by atoms with E-state index in [2.05, 4.69) is 84.0 Å². The van der Waals surface area contributed by atoms with E-state index in [9.17, 15) is 4.79 Å². The molecule has 0 radical (unpaired) electrons. The second-order valence-corrected chi connectivity index (χ2v) is 8.53. The number of nitrogens with zero attached hydrogens (tertiary/aromatic N) is 2. The summed E-state index contributed by atoms with van der Waals surface area (Å²) < 4.78 is 6.21. The van der Waals surface area contributed by atoms with Gasteiger partial charge in [-0.15, -0.1) is 0 Å². The molecule has 0 fully saturated rings. The molecule has 0 spiro atoms. The number of allylic oxidation sites excluding steroid dienone is 1. The standard InChI is InChI=1S/C22H24IN3O2/c1-14-12-22(2,3)26(4)19-9-6-15(10-17(14)19)13-24-25-21(27)16-7-8-18(23)20(11-16)28-5/h6-13H,1-5H3,(H,25,27)/b24-13-. The highest BCUT2D eigenvalue weighted by atomic mass is 127. The Balaban J connectivity index is 1.75. The third kappa shape index (κ3) is 4.06. The number of benzene rings is 2. The summed E-state index contributed by atoms with van der Waals surface area (Å²) in [6, 6.07) is 11.5. The Morgan fingerprint density at radius 1 is 1.25 bits per heavy atom. The highest BCUT2D eigenvalue weighted by Crippen LogP contribution is 2.37. The van der Waals surface area contributed by atoms with E-state index >= 15 is 0 Å². The third-order valence-electron chi connectivity index (χ3n) is 5.03. The predicted octanol–water partition coefficient (Wildman–Crippen LogP) is 4.70. The highest BCUT2D eigenvalue weighted by molar-refractivity contribution is 14.1. The lowest BCUT2D eigenvalue weighted by Crippen LogP contribution is -2.42. The van der Waals surface area contributed by atoms with Crippen molar-refractivity contribution in [1.82, 2.24) is 5.43 Å². The molecule has 1 aliphatic rings. The first-order chi connectivity index (χ1) is 13.2. The van der Waals surface area contributed by atoms with Crippen molar-refractivity contribution in [3.05, 3.63) is 62.7 Å². The van der Waals surface area contributed by atoms with Crippen molar-refractivity contribution in [2.24, 2.45) is 5.10 Å². The number of halogens is 1. The number of fused-ring (bicyclic) bond motifs is 1. The molecule has 3 rings (SSSR count). The monoisotopic (exact) mass is 489 g/mol. The Hall–Kier alpha value is -2.35. The minimum atomic E-state index is -0.276. The second-order valence-electron chi connectivity index (χ2n) is 7.37. The fourth-order valence-electron chi connectivity index (χ4n) is 3.29. The van der Waals surface area contributed by atoms with E-state index in [1.165, 1.54) is 16.8 Å². The first-order valence-electron chi connectivity index (χ1n) is 8.97. The predicted molar refractivity (Wildman–Crippen MR) is 123 cm³/mol. The molecule has 0 saturated carbocycles. The van der Waals surface area contributed by atoms with Crippen LogP contribution in [0.25, 0.3) is 5.57 Å². The molecule has 1 amide bonds. The summed E-state index contributed by atoms with van der Waals surface area (Å²) in [5, 5.41) is 4.12. The van der Waals surface area contributed by atoms with Crippen LogP contribution in [0.5, 0.6) is 5.75 Å². The molecule has 1 heterocycles. The van der Waals surface area contributed by atoms with Crippen LogP contribution in [-0.2, 0) is 0 Å². The number of nitrogens with one attached hydrogen (secondary N) is 1. The molecule has 0 aliphatic carbocycles. The quantitative estimate of drug-likeness (QED) is 0.385. The zero-order chi connectivity index (χ0) is 20.5. The summed E-state index contributed by atoms with van der Waals surface area (Å²) in [5.74, 6) is 0.391. The average Bonchev–Trinajstić information content (AvgIpc) is 2.66. The van der Waals surface area contributed by atoms with Gasteiger partial charge in [0.05, 0.1) is 22.4 Å². The molecule has 0 unspecified atom stereocenters. The van der Waals surface area contributed by atoms with Crippen LogP contribution in [0.2, 0.25) is 0 Å². The van der Waals surface area contributed by atoms with E-state index in [1.54, 1.807) is 25.5 Å². The number of hydrogen-bond donors (Lipinski definition) is 1. The van der Waals surface area contributed by atoms with Gasteiger partial charge in [-0.25, -0.2) is 5.43 Å². The second kappa shape index (κ2) is 7.95. The van der Waals surface area contributed by atoms with Crippen LogP contribution in [0.15, 0.2) is 47.6 Å². The zero-order valence-electron chi connectivity index (χ0n) is 16.7. The summed E-state index contributed by atoms with van der Waals surface area (Å²) >= 11 is 2.16. The molecule has 2 aromatic carbocycles. The molecule has 28 heavy (non-hydrogen) atoms. The smallest absolute Gasteiger partial charge is 0.271 e. The Morgan fingerprint density at radius 3 is 2.71 bits per heavy atom. The van der Waals surface area contributed by atoms with Crippen LogP contribution >= 0.6 is 22.6 Å². The SMILES string of the molecule is COc1cc(C(=O)N/N=C\c2ccc3c(c2)C(C)=CC(C)(C)N3C)ccc1I. The van der Waals surface area contributed by atoms with Gasteiger partial charge in [0.25, 0.3) is 5.91 Å². The Bertz CT molecular complexity index is 980. The molecule has 6 heteroatoms. The number of hydrazone groups is 1. The molecule has 1 N–H and O–H groups in total. The Labute approximate surface area is 179 Å². The van der Waals surface area contributed by atoms with Gasteiger partial charge in [-0.2, -0.15) is 5.10 Å². The lowest BCUT2D eigenvalue weighted by atomic mass is 9.89. The Morgan fingerprint density at radius 2 is 2.00 bits per heavy atom. The van der Waals surface area contributed by atoms with Gasteiger partial charge in [0.2, 0.25) is 0 Å². The molecule has 146 valence electrons. The fraction of sp³-hybridized carbons (Fsp3) is 0.273. The van der Waals surface area contributed by atoms with E-state index in [4.69, 9.17) is 4.74 Å². The molecule has 2 aromatic rings. The van der Waals surface area contributed by atoms with Gasteiger partial charge in [-0.3, -0.25) is 4.79 Å². The van der Waals surface area contributed by atoms with Crippen molar-refractivity contribution in [1.29, 1.82) is 0 Å². The molecular weight excluding hydrogens is 465 g/mol. The molecule has 5 nitrogen and oxygen atoms in total. The molecule has 0 atom stereocenters. The van der Waals surface area contributed by atoms with E-state index < -0.39 is 0 Å². The van der Waals surface area contributed by atoms with Crippen LogP contribution in [0, 0.1) is 3.57 Å². The van der Waals surface area contributed by atoms with Gasteiger partial charge in [0.15, 0.2) is 0 Å². The lowest BCUT2D eigenvalue weighted by molar-refractivity contribution is 0.0954. The zero-order valence-corrected chi connectivity index (χ0v) is 18.9. The van der Waals surface area contributed by atoms with Crippen molar-refractivity contribution in [2.45, 2.75) is 26.3 Å². The molecule has 0 saturated heterocycles. The first-order valence-corrected chi connectivity index (χ1v) is 10.1. The number of carbonyl (C=O) groups is 1. The minimum Gasteiger partial charge on any atom is -0.496 e. The number of rotatable bonds is 4. The van der Waals surface area contributed by atoms with Crippen molar-refractivity contribution < 1.29 is 9.53 Å². The van der Waals surface area contributed by atoms with Gasteiger partial charge in [0, 0.05) is 23.9 Å². The van der Waals surface area contributed by atoms with Gasteiger partial charge >= 0.3 is 0 Å². The van der Waals surface area contributed by atoms with E-state index in [1.807, 2.05) is 12.1 Å². The number of methoxy groups -OCH3 is 1. The minimum absolute atomic E-state index is 0.0186. The van der Waals surface area contributed by atoms with E-state index in [0.717, 1.165) is 9.13 Å². The van der Waals surface area contributed by atoms with Crippen LogP contribution in [0.3, 0.4) is 0 Å². The molecular formula is C22H24IN3O2. The molecule has 0 aromatic heterocycles. The Kier molecular flexibility index (Phi) is 5.79. The van der Waals surface area contributed by atoms with Crippen LogP contribution in [0.4, 0.5) is 5.69 Å². The van der Waals surface area contributed by atoms with Crippen LogP contribution in [0.1, 0.15) is 42.3 Å². The maximum atomic E-state index is 12.3. The van der Waals surface area contributed by atoms with Gasteiger partial charge in [0.1, 0.15) is 5.75 Å². The maximum Gasteiger partial charge on any atom is 0.271 e. The van der Waals surface area contributed by atoms with Crippen molar-refractivity contribution >= 4 is 46.0 Å². The maximum absolute atomic E-state index is 12.3. The number of anilines is 1. The fourth-order valence-corrected chi connectivity index (χ4v) is 3.84. The number of amides is 1. The molecule has 1 aliphatic heterocycles. The topological polar surface area (TPSA) is 53.9 Å². The van der Waals surface area contributed by atoms with E-state index in [-0.39, 0.29) is 11.4 Å². The molecule has 0 bridgehead atoms. The summed E-state index contributed by atoms with van der Waals surface area (Å²) in [7, 11) is 3.69. The first kappa shape index (κ1) is 20.4. The largest absolute Gasteiger partial charge is 0.496 e.